The molecule has 0 atom stereocenters. The summed E-state index contributed by atoms with van der Waals surface area (Å²) in [6, 6.07) is 7.22. The molecular formula is C15H20ClN3O3. The Hall–Kier alpha value is -1.92. The molecule has 1 aromatic carbocycles. The predicted octanol–water partition coefficient (Wildman–Crippen LogP) is 1.31. The van der Waals surface area contributed by atoms with Crippen LogP contribution in [0.25, 0.3) is 0 Å². The topological polar surface area (TPSA) is 78.5 Å². The van der Waals surface area contributed by atoms with Crippen molar-refractivity contribution in [2.45, 2.75) is 25.8 Å². The zero-order valence-electron chi connectivity index (χ0n) is 12.4. The fourth-order valence-corrected chi connectivity index (χ4v) is 2.20. The minimum atomic E-state index is -0.156. The third kappa shape index (κ3) is 4.54. The Balaban J connectivity index is 0.00000242. The van der Waals surface area contributed by atoms with E-state index in [-0.39, 0.29) is 49.5 Å². The first-order valence-electron chi connectivity index (χ1n) is 6.97. The molecule has 0 unspecified atom stereocenters. The van der Waals surface area contributed by atoms with Crippen LogP contribution in [0.4, 0.5) is 5.69 Å². The summed E-state index contributed by atoms with van der Waals surface area (Å²) in [5.74, 6) is -0.413. The molecule has 0 radical (unpaired) electrons. The SMILES string of the molecule is CNCCC(=O)Nc1ccccc1CN1C(=O)CCC1=O.Cl. The monoisotopic (exact) mass is 325 g/mol. The van der Waals surface area contributed by atoms with Crippen molar-refractivity contribution >= 4 is 35.8 Å². The molecule has 120 valence electrons. The highest BCUT2D eigenvalue weighted by atomic mass is 35.5. The molecule has 7 heteroatoms. The van der Waals surface area contributed by atoms with Crippen LogP contribution in [0.1, 0.15) is 24.8 Å². The molecule has 0 spiro atoms. The number of hydrogen-bond acceptors (Lipinski definition) is 4. The van der Waals surface area contributed by atoms with Gasteiger partial charge in [-0.1, -0.05) is 18.2 Å². The van der Waals surface area contributed by atoms with Crippen molar-refractivity contribution in [3.8, 4) is 0 Å². The number of benzene rings is 1. The molecule has 2 rings (SSSR count). The average molecular weight is 326 g/mol. The van der Waals surface area contributed by atoms with Crippen LogP contribution < -0.4 is 10.6 Å². The predicted molar refractivity (Wildman–Crippen MR) is 85.7 cm³/mol. The van der Waals surface area contributed by atoms with E-state index < -0.39 is 0 Å². The summed E-state index contributed by atoms with van der Waals surface area (Å²) in [6.07, 6.45) is 0.914. The number of amides is 3. The van der Waals surface area contributed by atoms with Crippen LogP contribution in [-0.2, 0) is 20.9 Å². The normalized spacial score (nSPS) is 14.0. The van der Waals surface area contributed by atoms with Gasteiger partial charge in [0.1, 0.15) is 0 Å². The molecule has 1 aliphatic rings. The Morgan fingerprint density at radius 3 is 2.45 bits per heavy atom. The van der Waals surface area contributed by atoms with Gasteiger partial charge in [0, 0.05) is 31.5 Å². The zero-order chi connectivity index (χ0) is 15.2. The van der Waals surface area contributed by atoms with E-state index in [1.54, 1.807) is 13.1 Å². The number of rotatable bonds is 6. The quantitative estimate of drug-likeness (QED) is 0.773. The van der Waals surface area contributed by atoms with Gasteiger partial charge >= 0.3 is 0 Å². The lowest BCUT2D eigenvalue weighted by molar-refractivity contribution is -0.139. The van der Waals surface area contributed by atoms with Crippen LogP contribution >= 0.6 is 12.4 Å². The maximum atomic E-state index is 11.8. The fourth-order valence-electron chi connectivity index (χ4n) is 2.20. The van der Waals surface area contributed by atoms with E-state index in [2.05, 4.69) is 10.6 Å². The molecule has 6 nitrogen and oxygen atoms in total. The van der Waals surface area contributed by atoms with Crippen LogP contribution in [0.3, 0.4) is 0 Å². The first-order chi connectivity index (χ1) is 10.1. The van der Waals surface area contributed by atoms with E-state index in [1.165, 1.54) is 4.90 Å². The van der Waals surface area contributed by atoms with Crippen molar-refractivity contribution in [1.29, 1.82) is 0 Å². The molecular weight excluding hydrogens is 306 g/mol. The maximum Gasteiger partial charge on any atom is 0.229 e. The molecule has 22 heavy (non-hydrogen) atoms. The summed E-state index contributed by atoms with van der Waals surface area (Å²) >= 11 is 0. The van der Waals surface area contributed by atoms with Crippen LogP contribution in [0.5, 0.6) is 0 Å². The van der Waals surface area contributed by atoms with Crippen molar-refractivity contribution < 1.29 is 14.4 Å². The number of carbonyl (C=O) groups is 3. The second kappa shape index (κ2) is 8.51. The highest BCUT2D eigenvalue weighted by Gasteiger charge is 2.29. The Morgan fingerprint density at radius 1 is 1.18 bits per heavy atom. The summed E-state index contributed by atoms with van der Waals surface area (Å²) in [7, 11) is 1.78. The lowest BCUT2D eigenvalue weighted by Crippen LogP contribution is -2.29. The minimum absolute atomic E-state index is 0. The fraction of sp³-hybridized carbons (Fsp3) is 0.400. The number of nitrogens with one attached hydrogen (secondary N) is 2. The number of carbonyl (C=O) groups excluding carboxylic acids is 3. The largest absolute Gasteiger partial charge is 0.326 e. The lowest BCUT2D eigenvalue weighted by atomic mass is 10.1. The molecule has 0 aliphatic carbocycles. The van der Waals surface area contributed by atoms with E-state index in [0.29, 0.717) is 18.7 Å². The van der Waals surface area contributed by atoms with E-state index in [9.17, 15) is 14.4 Å². The summed E-state index contributed by atoms with van der Waals surface area (Å²) in [5.41, 5.74) is 1.41. The van der Waals surface area contributed by atoms with E-state index >= 15 is 0 Å². The van der Waals surface area contributed by atoms with Gasteiger partial charge in [0.25, 0.3) is 0 Å². The van der Waals surface area contributed by atoms with Crippen LogP contribution in [0, 0.1) is 0 Å². The Labute approximate surface area is 135 Å². The zero-order valence-corrected chi connectivity index (χ0v) is 13.2. The molecule has 1 aromatic rings. The standard InChI is InChI=1S/C15H19N3O3.ClH/c1-16-9-8-13(19)17-12-5-3-2-4-11(12)10-18-14(20)6-7-15(18)21;/h2-5,16H,6-10H2,1H3,(H,17,19);1H. The number of nitrogens with zero attached hydrogens (tertiary/aromatic N) is 1. The van der Waals surface area contributed by atoms with Crippen LogP contribution in [0.2, 0.25) is 0 Å². The third-order valence-corrected chi connectivity index (χ3v) is 3.38. The van der Waals surface area contributed by atoms with Gasteiger partial charge in [-0.2, -0.15) is 0 Å². The first-order valence-corrected chi connectivity index (χ1v) is 6.97. The second-order valence-electron chi connectivity index (χ2n) is 4.93. The number of likely N-dealkylation sites (tertiary alicyclic amines) is 1. The number of para-hydroxylation sites is 1. The maximum absolute atomic E-state index is 11.8. The molecule has 1 heterocycles. The van der Waals surface area contributed by atoms with Gasteiger partial charge in [-0.25, -0.2) is 0 Å². The molecule has 0 saturated carbocycles. The Kier molecular flexibility index (Phi) is 7.01. The van der Waals surface area contributed by atoms with Gasteiger partial charge in [0.2, 0.25) is 17.7 Å². The highest BCUT2D eigenvalue weighted by molar-refractivity contribution is 6.02. The average Bonchev–Trinajstić information content (AvgIpc) is 2.79. The first kappa shape index (κ1) is 18.1. The number of hydrogen-bond donors (Lipinski definition) is 2. The summed E-state index contributed by atoms with van der Waals surface area (Å²) < 4.78 is 0. The molecule has 3 amide bonds. The minimum Gasteiger partial charge on any atom is -0.326 e. The summed E-state index contributed by atoms with van der Waals surface area (Å²) in [4.78, 5) is 36.4. The van der Waals surface area contributed by atoms with Gasteiger partial charge in [-0.05, 0) is 18.7 Å². The van der Waals surface area contributed by atoms with Crippen molar-refractivity contribution in [2.24, 2.45) is 0 Å². The van der Waals surface area contributed by atoms with Crippen LogP contribution in [-0.4, -0.2) is 36.2 Å². The molecule has 2 N–H and O–H groups in total. The summed E-state index contributed by atoms with van der Waals surface area (Å²) in [5, 5.41) is 5.73. The second-order valence-corrected chi connectivity index (χ2v) is 4.93. The van der Waals surface area contributed by atoms with Gasteiger partial charge in [-0.15, -0.1) is 12.4 Å². The van der Waals surface area contributed by atoms with E-state index in [1.807, 2.05) is 18.2 Å². The molecule has 1 saturated heterocycles. The number of imide groups is 1. The van der Waals surface area contributed by atoms with Crippen molar-refractivity contribution in [3.63, 3.8) is 0 Å². The van der Waals surface area contributed by atoms with Crippen molar-refractivity contribution in [2.75, 3.05) is 18.9 Å². The smallest absolute Gasteiger partial charge is 0.229 e. The molecule has 1 aliphatic heterocycles. The van der Waals surface area contributed by atoms with E-state index in [4.69, 9.17) is 0 Å². The lowest BCUT2D eigenvalue weighted by Gasteiger charge is -2.17. The summed E-state index contributed by atoms with van der Waals surface area (Å²) in [6.45, 7) is 0.803. The molecule has 0 bridgehead atoms. The number of anilines is 1. The van der Waals surface area contributed by atoms with Crippen LogP contribution in [0.15, 0.2) is 24.3 Å². The van der Waals surface area contributed by atoms with Gasteiger partial charge in [-0.3, -0.25) is 19.3 Å². The van der Waals surface area contributed by atoms with Gasteiger partial charge in [0.15, 0.2) is 0 Å². The Morgan fingerprint density at radius 2 is 1.82 bits per heavy atom. The Bertz CT molecular complexity index is 547. The number of halogens is 1. The highest BCUT2D eigenvalue weighted by Crippen LogP contribution is 2.21. The molecule has 1 fully saturated rings. The van der Waals surface area contributed by atoms with Crippen molar-refractivity contribution in [3.05, 3.63) is 29.8 Å². The third-order valence-electron chi connectivity index (χ3n) is 3.38. The van der Waals surface area contributed by atoms with Crippen molar-refractivity contribution in [1.82, 2.24) is 10.2 Å². The van der Waals surface area contributed by atoms with Gasteiger partial charge in [0.05, 0.1) is 6.54 Å². The van der Waals surface area contributed by atoms with E-state index in [0.717, 1.165) is 5.56 Å². The van der Waals surface area contributed by atoms with Gasteiger partial charge < -0.3 is 10.6 Å². The molecule has 0 aromatic heterocycles.